The summed E-state index contributed by atoms with van der Waals surface area (Å²) in [4.78, 5) is 12.8. The van der Waals surface area contributed by atoms with E-state index in [1.54, 1.807) is 0 Å². The zero-order valence-corrected chi connectivity index (χ0v) is 8.66. The van der Waals surface area contributed by atoms with E-state index in [0.717, 1.165) is 19.4 Å². The van der Waals surface area contributed by atoms with Gasteiger partial charge in [0.2, 0.25) is 0 Å². The molecule has 1 aliphatic rings. The van der Waals surface area contributed by atoms with Crippen LogP contribution < -0.4 is 0 Å². The molecule has 1 saturated carbocycles. The molecule has 0 atom stereocenters. The Kier molecular flexibility index (Phi) is 3.31. The Morgan fingerprint density at radius 2 is 2.08 bits per heavy atom. The minimum Gasteiger partial charge on any atom is -0.481 e. The van der Waals surface area contributed by atoms with Crippen LogP contribution in [0.15, 0.2) is 0 Å². The lowest BCUT2D eigenvalue weighted by Gasteiger charge is -2.39. The lowest BCUT2D eigenvalue weighted by Crippen LogP contribution is -2.46. The van der Waals surface area contributed by atoms with Crippen LogP contribution in [0.25, 0.3) is 0 Å². The summed E-state index contributed by atoms with van der Waals surface area (Å²) in [6.45, 7) is 5.44. The van der Waals surface area contributed by atoms with Gasteiger partial charge in [-0.05, 0) is 25.8 Å². The van der Waals surface area contributed by atoms with E-state index in [4.69, 9.17) is 5.11 Å². The van der Waals surface area contributed by atoms with Crippen LogP contribution in [0.3, 0.4) is 0 Å². The van der Waals surface area contributed by atoms with E-state index < -0.39 is 5.97 Å². The predicted molar refractivity (Wildman–Crippen MR) is 51.6 cm³/mol. The third-order valence-electron chi connectivity index (χ3n) is 2.74. The van der Waals surface area contributed by atoms with Gasteiger partial charge in [0.15, 0.2) is 0 Å². The molecule has 3 nitrogen and oxygen atoms in total. The smallest absolute Gasteiger partial charge is 0.306 e. The molecule has 0 saturated heterocycles. The van der Waals surface area contributed by atoms with Crippen molar-refractivity contribution < 1.29 is 9.90 Å². The van der Waals surface area contributed by atoms with Crippen molar-refractivity contribution in [2.75, 3.05) is 13.6 Å². The summed E-state index contributed by atoms with van der Waals surface area (Å²) in [7, 11) is 2.09. The number of nitrogens with zero attached hydrogens (tertiary/aromatic N) is 1. The quantitative estimate of drug-likeness (QED) is 0.720. The number of carbonyl (C=O) groups is 1. The molecule has 1 fully saturated rings. The molecule has 0 aromatic heterocycles. The molecule has 0 heterocycles. The number of hydrogen-bond donors (Lipinski definition) is 1. The highest BCUT2D eigenvalue weighted by Gasteiger charge is 2.36. The van der Waals surface area contributed by atoms with Gasteiger partial charge in [-0.1, -0.05) is 13.8 Å². The van der Waals surface area contributed by atoms with Crippen LogP contribution >= 0.6 is 0 Å². The highest BCUT2D eigenvalue weighted by molar-refractivity contribution is 5.71. The van der Waals surface area contributed by atoms with Crippen LogP contribution in [0, 0.1) is 11.8 Å². The summed E-state index contributed by atoms with van der Waals surface area (Å²) in [5.41, 5.74) is 0. The van der Waals surface area contributed by atoms with Gasteiger partial charge in [0, 0.05) is 12.6 Å². The van der Waals surface area contributed by atoms with Crippen LogP contribution in [0.5, 0.6) is 0 Å². The average molecular weight is 185 g/mol. The summed E-state index contributed by atoms with van der Waals surface area (Å²) in [5, 5.41) is 8.70. The first-order valence-corrected chi connectivity index (χ1v) is 4.93. The van der Waals surface area contributed by atoms with Crippen molar-refractivity contribution in [3.8, 4) is 0 Å². The number of rotatable bonds is 4. The molecule has 1 N–H and O–H groups in total. The van der Waals surface area contributed by atoms with Crippen LogP contribution in [-0.2, 0) is 4.79 Å². The van der Waals surface area contributed by atoms with Crippen LogP contribution in [0.1, 0.15) is 26.7 Å². The van der Waals surface area contributed by atoms with E-state index in [1.165, 1.54) is 0 Å². The fourth-order valence-corrected chi connectivity index (χ4v) is 1.87. The number of aliphatic carboxylic acids is 1. The molecular formula is C10H19NO2. The van der Waals surface area contributed by atoms with E-state index in [2.05, 4.69) is 25.8 Å². The third-order valence-corrected chi connectivity index (χ3v) is 2.74. The standard InChI is InChI=1S/C10H19NO2/c1-7(2)6-11(3)9-4-8(5-9)10(12)13/h7-9H,4-6H2,1-3H3,(H,12,13). The minimum atomic E-state index is -0.630. The second-order valence-electron chi connectivity index (χ2n) is 4.49. The molecule has 0 amide bonds. The Morgan fingerprint density at radius 1 is 1.54 bits per heavy atom. The van der Waals surface area contributed by atoms with E-state index in [0.29, 0.717) is 12.0 Å². The van der Waals surface area contributed by atoms with Crippen molar-refractivity contribution in [1.29, 1.82) is 0 Å². The van der Waals surface area contributed by atoms with Gasteiger partial charge in [0.05, 0.1) is 5.92 Å². The minimum absolute atomic E-state index is 0.0837. The lowest BCUT2D eigenvalue weighted by molar-refractivity contribution is -0.146. The summed E-state index contributed by atoms with van der Waals surface area (Å²) < 4.78 is 0. The first-order chi connectivity index (χ1) is 6.00. The van der Waals surface area contributed by atoms with Crippen molar-refractivity contribution in [2.45, 2.75) is 32.7 Å². The normalized spacial score (nSPS) is 27.8. The van der Waals surface area contributed by atoms with E-state index >= 15 is 0 Å². The second-order valence-corrected chi connectivity index (χ2v) is 4.49. The highest BCUT2D eigenvalue weighted by Crippen LogP contribution is 2.31. The molecule has 76 valence electrons. The molecule has 0 aliphatic heterocycles. The number of carboxylic acid groups (broad SMARTS) is 1. The van der Waals surface area contributed by atoms with Crippen molar-refractivity contribution in [3.05, 3.63) is 0 Å². The van der Waals surface area contributed by atoms with Crippen molar-refractivity contribution >= 4 is 5.97 Å². The van der Waals surface area contributed by atoms with Crippen LogP contribution in [0.4, 0.5) is 0 Å². The third kappa shape index (κ3) is 2.69. The molecule has 1 rings (SSSR count). The Bertz CT molecular complexity index is 185. The zero-order valence-electron chi connectivity index (χ0n) is 8.66. The summed E-state index contributed by atoms with van der Waals surface area (Å²) in [5.74, 6) is -0.0531. The van der Waals surface area contributed by atoms with Crippen molar-refractivity contribution in [3.63, 3.8) is 0 Å². The van der Waals surface area contributed by atoms with Gasteiger partial charge in [0.25, 0.3) is 0 Å². The molecule has 0 radical (unpaired) electrons. The lowest BCUT2D eigenvalue weighted by atomic mass is 9.79. The van der Waals surface area contributed by atoms with Crippen molar-refractivity contribution in [1.82, 2.24) is 4.90 Å². The SMILES string of the molecule is CC(C)CN(C)C1CC(C(=O)O)C1. The summed E-state index contributed by atoms with van der Waals surface area (Å²) in [6, 6.07) is 0.503. The Hall–Kier alpha value is -0.570. The Balaban J connectivity index is 2.23. The van der Waals surface area contributed by atoms with Gasteiger partial charge in [-0.3, -0.25) is 4.79 Å². The Labute approximate surface area is 79.7 Å². The van der Waals surface area contributed by atoms with Gasteiger partial charge < -0.3 is 10.0 Å². The zero-order chi connectivity index (χ0) is 10.0. The Morgan fingerprint density at radius 3 is 2.46 bits per heavy atom. The molecule has 0 spiro atoms. The molecule has 0 aromatic carbocycles. The summed E-state index contributed by atoms with van der Waals surface area (Å²) >= 11 is 0. The van der Waals surface area contributed by atoms with Gasteiger partial charge in [-0.25, -0.2) is 0 Å². The summed E-state index contributed by atoms with van der Waals surface area (Å²) in [6.07, 6.45) is 1.66. The molecule has 0 unspecified atom stereocenters. The highest BCUT2D eigenvalue weighted by atomic mass is 16.4. The first kappa shape index (κ1) is 10.5. The first-order valence-electron chi connectivity index (χ1n) is 4.93. The fraction of sp³-hybridized carbons (Fsp3) is 0.900. The maximum absolute atomic E-state index is 10.6. The topological polar surface area (TPSA) is 40.5 Å². The van der Waals surface area contributed by atoms with Gasteiger partial charge >= 0.3 is 5.97 Å². The molecule has 13 heavy (non-hydrogen) atoms. The van der Waals surface area contributed by atoms with E-state index in [9.17, 15) is 4.79 Å². The molecule has 0 aromatic rings. The monoisotopic (exact) mass is 185 g/mol. The second kappa shape index (κ2) is 4.09. The maximum Gasteiger partial charge on any atom is 0.306 e. The maximum atomic E-state index is 10.6. The fourth-order valence-electron chi connectivity index (χ4n) is 1.87. The van der Waals surface area contributed by atoms with E-state index in [-0.39, 0.29) is 5.92 Å². The van der Waals surface area contributed by atoms with Crippen LogP contribution in [-0.4, -0.2) is 35.6 Å². The van der Waals surface area contributed by atoms with E-state index in [1.807, 2.05) is 0 Å². The number of carboxylic acids is 1. The van der Waals surface area contributed by atoms with Crippen LogP contribution in [0.2, 0.25) is 0 Å². The molecule has 1 aliphatic carbocycles. The largest absolute Gasteiger partial charge is 0.481 e. The van der Waals surface area contributed by atoms with Gasteiger partial charge in [-0.2, -0.15) is 0 Å². The van der Waals surface area contributed by atoms with Gasteiger partial charge in [0.1, 0.15) is 0 Å². The van der Waals surface area contributed by atoms with Gasteiger partial charge in [-0.15, -0.1) is 0 Å². The average Bonchev–Trinajstić information content (AvgIpc) is 1.79. The van der Waals surface area contributed by atoms with Crippen molar-refractivity contribution in [2.24, 2.45) is 11.8 Å². The molecule has 0 bridgehead atoms. The number of hydrogen-bond acceptors (Lipinski definition) is 2. The predicted octanol–water partition coefficient (Wildman–Crippen LogP) is 1.44. The molecular weight excluding hydrogens is 166 g/mol. The molecule has 3 heteroatoms.